The van der Waals surface area contributed by atoms with Crippen LogP contribution in [0.2, 0.25) is 5.02 Å². The van der Waals surface area contributed by atoms with E-state index in [0.29, 0.717) is 56.4 Å². The number of carboxylic acid groups (broad SMARTS) is 1. The van der Waals surface area contributed by atoms with Gasteiger partial charge in [-0.05, 0) is 74.6 Å². The van der Waals surface area contributed by atoms with Crippen LogP contribution < -0.4 is 42.8 Å². The van der Waals surface area contributed by atoms with Crippen LogP contribution in [0.3, 0.4) is 0 Å². The van der Waals surface area contributed by atoms with Gasteiger partial charge in [0.2, 0.25) is 23.2 Å². The molecule has 66 heavy (non-hydrogen) atoms. The molecule has 1 aromatic heterocycles. The van der Waals surface area contributed by atoms with Crippen molar-refractivity contribution in [1.29, 1.82) is 0 Å². The molecular formula is C45H55ClFN9O10. The standard InChI is InChI=1S/C45H55ClFN9O10/c1-25(2)38(52-34(57)8-4-3-5-19-55-35(58)15-16-36(55)59)43(62)51-33(7-6-18-49-45(48)65)42(61)50-27-11-9-26(10-12-27)24-66-53-28-17-20-54(22-28)40-32(47)21-30-39(37(40)46)56(29-13-14-29)23-31(41(30)60)44(63)64/h9-12,15-16,21,23,25,28-29,33,38,53H,3-8,13-14,17-20,22,24H2,1-2H3,(H,50,61)(H,51,62)(H,52,57)(H,63,64)(H3,48,49,65)/t28?,33-,38-/m0/s1. The molecule has 3 atom stereocenters. The SMILES string of the molecule is CC(C)[C@H](NC(=O)CCCCCN1C(=O)C=CC1=O)C(=O)N[C@@H](CCCNC(N)=O)C(=O)Nc1ccc(CONC2CCN(c3c(F)cc4c(=O)c(C(=O)O)cn(C5CC5)c4c3Cl)C2)cc1. The highest BCUT2D eigenvalue weighted by Gasteiger charge is 2.33. The van der Waals surface area contributed by atoms with Gasteiger partial charge < -0.3 is 41.6 Å². The van der Waals surface area contributed by atoms with Crippen LogP contribution in [0.15, 0.2) is 53.5 Å². The van der Waals surface area contributed by atoms with Gasteiger partial charge in [0.15, 0.2) is 0 Å². The second-order valence-electron chi connectivity index (χ2n) is 17.0. The van der Waals surface area contributed by atoms with Crippen LogP contribution in [0.5, 0.6) is 0 Å². The number of imide groups is 1. The molecule has 3 aromatic rings. The van der Waals surface area contributed by atoms with Crippen LogP contribution in [0.4, 0.5) is 20.6 Å². The third-order valence-electron chi connectivity index (χ3n) is 11.6. The largest absolute Gasteiger partial charge is 0.477 e. The fourth-order valence-electron chi connectivity index (χ4n) is 7.94. The fourth-order valence-corrected chi connectivity index (χ4v) is 8.35. The number of benzene rings is 2. The van der Waals surface area contributed by atoms with Crippen LogP contribution in [0.1, 0.15) is 93.6 Å². The minimum Gasteiger partial charge on any atom is -0.477 e. The number of carbonyl (C=O) groups excluding carboxylic acids is 6. The Bertz CT molecular complexity index is 2420. The molecule has 8 N–H and O–H groups in total. The van der Waals surface area contributed by atoms with Gasteiger partial charge in [-0.2, -0.15) is 5.48 Å². The Kier molecular flexibility index (Phi) is 16.5. The Labute approximate surface area is 384 Å². The molecule has 7 amide bonds. The molecule has 2 fully saturated rings. The van der Waals surface area contributed by atoms with Gasteiger partial charge in [0.05, 0.1) is 34.3 Å². The minimum absolute atomic E-state index is 0.0319. The van der Waals surface area contributed by atoms with E-state index in [0.717, 1.165) is 29.4 Å². The van der Waals surface area contributed by atoms with Crippen molar-refractivity contribution < 1.29 is 47.9 Å². The van der Waals surface area contributed by atoms with Crippen molar-refractivity contribution in [3.63, 3.8) is 0 Å². The number of unbranched alkanes of at least 4 members (excludes halogenated alkanes) is 2. The van der Waals surface area contributed by atoms with Crippen molar-refractivity contribution in [3.8, 4) is 0 Å². The van der Waals surface area contributed by atoms with E-state index in [9.17, 15) is 43.5 Å². The maximum atomic E-state index is 15.6. The van der Waals surface area contributed by atoms with Crippen molar-refractivity contribution in [2.45, 2.75) is 102 Å². The summed E-state index contributed by atoms with van der Waals surface area (Å²) < 4.78 is 17.3. The van der Waals surface area contributed by atoms with Crippen LogP contribution in [-0.4, -0.2) is 100 Å². The number of nitrogens with one attached hydrogen (secondary N) is 5. The Morgan fingerprint density at radius 3 is 2.32 bits per heavy atom. The number of nitrogens with two attached hydrogens (primary N) is 1. The van der Waals surface area contributed by atoms with Crippen LogP contribution in [-0.2, 0) is 35.4 Å². The first-order valence-electron chi connectivity index (χ1n) is 22.0. The van der Waals surface area contributed by atoms with Gasteiger partial charge in [0.25, 0.3) is 11.8 Å². The molecule has 1 saturated carbocycles. The summed E-state index contributed by atoms with van der Waals surface area (Å²) in [6, 6.07) is 4.92. The maximum absolute atomic E-state index is 15.6. The molecule has 2 aliphatic heterocycles. The van der Waals surface area contributed by atoms with Gasteiger partial charge >= 0.3 is 12.0 Å². The molecule has 2 aromatic carbocycles. The van der Waals surface area contributed by atoms with Crippen molar-refractivity contribution in [2.24, 2.45) is 11.7 Å². The highest BCUT2D eigenvalue weighted by Crippen LogP contribution is 2.42. The lowest BCUT2D eigenvalue weighted by Crippen LogP contribution is -2.54. The summed E-state index contributed by atoms with van der Waals surface area (Å²) >= 11 is 6.81. The number of hydrogen-bond donors (Lipinski definition) is 7. The Morgan fingerprint density at radius 2 is 1.67 bits per heavy atom. The number of halogens is 2. The minimum atomic E-state index is -1.39. The van der Waals surface area contributed by atoms with E-state index in [2.05, 4.69) is 26.7 Å². The monoisotopic (exact) mass is 935 g/mol. The van der Waals surface area contributed by atoms with Crippen LogP contribution in [0.25, 0.3) is 10.9 Å². The number of fused-ring (bicyclic) bond motifs is 1. The van der Waals surface area contributed by atoms with Crippen LogP contribution in [0, 0.1) is 11.7 Å². The average molecular weight is 936 g/mol. The van der Waals surface area contributed by atoms with Gasteiger partial charge in [0.1, 0.15) is 23.5 Å². The third-order valence-corrected chi connectivity index (χ3v) is 12.0. The quantitative estimate of drug-likeness (QED) is 0.0409. The summed E-state index contributed by atoms with van der Waals surface area (Å²) in [5.41, 5.74) is 8.61. The Balaban J connectivity index is 0.990. The number of primary amides is 1. The van der Waals surface area contributed by atoms with Crippen molar-refractivity contribution in [1.82, 2.24) is 30.9 Å². The molecule has 0 spiro atoms. The molecule has 354 valence electrons. The number of pyridine rings is 1. The molecule has 1 aliphatic carbocycles. The average Bonchev–Trinajstić information content (AvgIpc) is 3.93. The first-order valence-corrected chi connectivity index (χ1v) is 22.4. The van der Waals surface area contributed by atoms with E-state index in [1.807, 2.05) is 0 Å². The Hall–Kier alpha value is -6.38. The molecule has 19 nitrogen and oxygen atoms in total. The Morgan fingerprint density at radius 1 is 0.955 bits per heavy atom. The smallest absolute Gasteiger partial charge is 0.341 e. The molecule has 3 heterocycles. The first-order chi connectivity index (χ1) is 31.5. The van der Waals surface area contributed by atoms with Gasteiger partial charge in [-0.1, -0.05) is 44.0 Å². The summed E-state index contributed by atoms with van der Waals surface area (Å²) in [5.74, 6) is -4.62. The predicted molar refractivity (Wildman–Crippen MR) is 242 cm³/mol. The van der Waals surface area contributed by atoms with Gasteiger partial charge in [-0.15, -0.1) is 0 Å². The summed E-state index contributed by atoms with van der Waals surface area (Å²) in [4.78, 5) is 108. The predicted octanol–water partition coefficient (Wildman–Crippen LogP) is 3.63. The number of aromatic carboxylic acids is 1. The fraction of sp³-hybridized carbons (Fsp3) is 0.467. The lowest BCUT2D eigenvalue weighted by Gasteiger charge is -2.25. The highest BCUT2D eigenvalue weighted by atomic mass is 35.5. The molecule has 0 radical (unpaired) electrons. The molecule has 1 unspecified atom stereocenters. The number of carbonyl (C=O) groups is 7. The van der Waals surface area contributed by atoms with Gasteiger partial charge in [-0.25, -0.2) is 14.0 Å². The summed E-state index contributed by atoms with van der Waals surface area (Å²) in [7, 11) is 0. The molecule has 1 saturated heterocycles. The van der Waals surface area contributed by atoms with Crippen molar-refractivity contribution >= 4 is 75.4 Å². The topological polar surface area (TPSA) is 264 Å². The number of hydroxylamine groups is 1. The van der Waals surface area contributed by atoms with E-state index in [1.165, 1.54) is 18.3 Å². The van der Waals surface area contributed by atoms with Crippen LogP contribution >= 0.6 is 11.6 Å². The zero-order valence-corrected chi connectivity index (χ0v) is 37.5. The summed E-state index contributed by atoms with van der Waals surface area (Å²) in [5, 5.41) is 20.4. The molecule has 0 bridgehead atoms. The zero-order chi connectivity index (χ0) is 47.7. The van der Waals surface area contributed by atoms with E-state index in [1.54, 1.807) is 47.6 Å². The van der Waals surface area contributed by atoms with Crippen molar-refractivity contribution in [3.05, 3.63) is 80.9 Å². The van der Waals surface area contributed by atoms with Gasteiger partial charge in [0, 0.05) is 62.7 Å². The highest BCUT2D eigenvalue weighted by molar-refractivity contribution is 6.38. The number of carboxylic acids is 1. The first kappa shape index (κ1) is 49.1. The molecule has 21 heteroatoms. The second kappa shape index (κ2) is 22.2. The number of urea groups is 1. The summed E-state index contributed by atoms with van der Waals surface area (Å²) in [6.45, 7) is 4.85. The number of hydrogen-bond acceptors (Lipinski definition) is 11. The maximum Gasteiger partial charge on any atom is 0.341 e. The number of nitrogens with zero attached hydrogens (tertiary/aromatic N) is 3. The zero-order valence-electron chi connectivity index (χ0n) is 36.7. The number of anilines is 2. The number of aromatic nitrogens is 1. The van der Waals surface area contributed by atoms with Gasteiger partial charge in [-0.3, -0.25) is 38.5 Å². The lowest BCUT2D eigenvalue weighted by atomic mass is 10.0. The van der Waals surface area contributed by atoms with E-state index in [4.69, 9.17) is 22.2 Å². The normalized spacial score (nSPS) is 16.8. The summed E-state index contributed by atoms with van der Waals surface area (Å²) in [6.07, 6.45) is 8.02. The van der Waals surface area contributed by atoms with E-state index < -0.39 is 52.7 Å². The number of rotatable bonds is 23. The third kappa shape index (κ3) is 12.5. The molecular weight excluding hydrogens is 881 g/mol. The lowest BCUT2D eigenvalue weighted by molar-refractivity contribution is -0.137. The molecule has 6 rings (SSSR count). The van der Waals surface area contributed by atoms with Crippen molar-refractivity contribution in [2.75, 3.05) is 36.4 Å². The second-order valence-corrected chi connectivity index (χ2v) is 17.4. The number of amides is 7. The van der Waals surface area contributed by atoms with E-state index >= 15 is 4.39 Å². The molecule has 3 aliphatic rings. The van der Waals surface area contributed by atoms with E-state index in [-0.39, 0.29) is 84.4 Å².